The van der Waals surface area contributed by atoms with Gasteiger partial charge in [-0.1, -0.05) is 24.8 Å². The third-order valence-corrected chi connectivity index (χ3v) is 6.10. The molecule has 2 N–H and O–H groups in total. The number of aliphatic hydroxyl groups excluding tert-OH is 1. The first kappa shape index (κ1) is 25.2. The van der Waals surface area contributed by atoms with E-state index in [0.29, 0.717) is 17.2 Å². The van der Waals surface area contributed by atoms with Crippen LogP contribution in [0.5, 0.6) is 0 Å². The number of nitrogens with zero attached hydrogens (tertiary/aromatic N) is 6. The highest BCUT2D eigenvalue weighted by Crippen LogP contribution is 2.21. The zero-order valence-electron chi connectivity index (χ0n) is 20.6. The third-order valence-electron chi connectivity index (χ3n) is 6.10. The highest BCUT2D eigenvalue weighted by molar-refractivity contribution is 5.93. The zero-order valence-corrected chi connectivity index (χ0v) is 20.6. The number of fused-ring (bicyclic) bond motifs is 1. The van der Waals surface area contributed by atoms with Gasteiger partial charge in [-0.2, -0.15) is 0 Å². The molecule has 0 radical (unpaired) electrons. The van der Waals surface area contributed by atoms with Gasteiger partial charge in [0.1, 0.15) is 12.0 Å². The van der Waals surface area contributed by atoms with Crippen molar-refractivity contribution < 1.29 is 9.90 Å². The minimum absolute atomic E-state index is 0.00398. The molecule has 3 aromatic heterocycles. The Morgan fingerprint density at radius 3 is 2.94 bits per heavy atom. The first-order valence-electron chi connectivity index (χ1n) is 11.9. The summed E-state index contributed by atoms with van der Waals surface area (Å²) in [6, 6.07) is 7.68. The molecule has 1 aliphatic heterocycles. The normalized spacial score (nSPS) is 15.0. The standard InChI is InChI=1S/C27H31N7O2/c1-19(26-32-30-18-34(26)21(3)17-35)7-6-8-20(2)31-27(36)25-13-23-15-33(12-10-22(23)14-29-25)16-24-9-4-5-11-28-24/h4-9,11,13-14,18,21,35H,2,10,12,15-17H2,1,3H3,(H,31,36)/b8-6-,19-7+. The Balaban J connectivity index is 1.36. The van der Waals surface area contributed by atoms with E-state index < -0.39 is 0 Å². The van der Waals surface area contributed by atoms with Crippen LogP contribution in [0.2, 0.25) is 0 Å². The van der Waals surface area contributed by atoms with Gasteiger partial charge in [-0.05, 0) is 61.2 Å². The molecular weight excluding hydrogens is 454 g/mol. The van der Waals surface area contributed by atoms with E-state index in [1.807, 2.05) is 55.0 Å². The van der Waals surface area contributed by atoms with Crippen LogP contribution in [0.4, 0.5) is 0 Å². The summed E-state index contributed by atoms with van der Waals surface area (Å²) in [4.78, 5) is 23.9. The molecule has 1 atom stereocenters. The van der Waals surface area contributed by atoms with Crippen LogP contribution in [0.25, 0.3) is 5.57 Å². The van der Waals surface area contributed by atoms with Crippen LogP contribution in [-0.2, 0) is 19.5 Å². The molecule has 36 heavy (non-hydrogen) atoms. The van der Waals surface area contributed by atoms with E-state index in [4.69, 9.17) is 0 Å². The zero-order chi connectivity index (χ0) is 25.5. The van der Waals surface area contributed by atoms with E-state index in [1.165, 1.54) is 5.56 Å². The van der Waals surface area contributed by atoms with Crippen molar-refractivity contribution in [1.82, 2.24) is 34.9 Å². The van der Waals surface area contributed by atoms with Crippen LogP contribution in [0.3, 0.4) is 0 Å². The first-order valence-corrected chi connectivity index (χ1v) is 11.9. The molecule has 4 rings (SSSR count). The van der Waals surface area contributed by atoms with Crippen LogP contribution in [0.1, 0.15) is 53.0 Å². The van der Waals surface area contributed by atoms with Crippen molar-refractivity contribution in [3.63, 3.8) is 0 Å². The number of allylic oxidation sites excluding steroid dienone is 4. The van der Waals surface area contributed by atoms with Gasteiger partial charge in [-0.25, -0.2) is 0 Å². The van der Waals surface area contributed by atoms with Crippen molar-refractivity contribution in [1.29, 1.82) is 0 Å². The lowest BCUT2D eigenvalue weighted by Gasteiger charge is -2.28. The number of hydrogen-bond donors (Lipinski definition) is 2. The summed E-state index contributed by atoms with van der Waals surface area (Å²) in [6.07, 6.45) is 11.5. The maximum absolute atomic E-state index is 12.8. The second-order valence-electron chi connectivity index (χ2n) is 8.90. The number of amides is 1. The van der Waals surface area contributed by atoms with Gasteiger partial charge in [-0.3, -0.25) is 19.7 Å². The molecule has 0 fully saturated rings. The van der Waals surface area contributed by atoms with Gasteiger partial charge in [0.2, 0.25) is 0 Å². The third kappa shape index (κ3) is 6.18. The number of nitrogens with one attached hydrogen (secondary N) is 1. The van der Waals surface area contributed by atoms with Gasteiger partial charge < -0.3 is 15.0 Å². The molecule has 1 amide bonds. The van der Waals surface area contributed by atoms with E-state index in [-0.39, 0.29) is 18.6 Å². The Morgan fingerprint density at radius 2 is 2.17 bits per heavy atom. The Kier molecular flexibility index (Phi) is 8.14. The molecule has 0 bridgehead atoms. The molecule has 9 heteroatoms. The maximum atomic E-state index is 12.8. The number of pyridine rings is 2. The predicted octanol–water partition coefficient (Wildman–Crippen LogP) is 3.08. The summed E-state index contributed by atoms with van der Waals surface area (Å²) < 4.78 is 1.82. The first-order chi connectivity index (χ1) is 17.4. The van der Waals surface area contributed by atoms with Crippen molar-refractivity contribution in [2.24, 2.45) is 0 Å². The van der Waals surface area contributed by atoms with E-state index in [2.05, 4.69) is 37.0 Å². The van der Waals surface area contributed by atoms with Gasteiger partial charge in [0.15, 0.2) is 5.82 Å². The van der Waals surface area contributed by atoms with Crippen LogP contribution in [0.15, 0.2) is 73.5 Å². The van der Waals surface area contributed by atoms with E-state index in [9.17, 15) is 9.90 Å². The summed E-state index contributed by atoms with van der Waals surface area (Å²) in [5.41, 5.74) is 4.99. The second-order valence-corrected chi connectivity index (χ2v) is 8.90. The lowest BCUT2D eigenvalue weighted by molar-refractivity contribution is 0.0962. The van der Waals surface area contributed by atoms with Crippen LogP contribution in [-0.4, -0.2) is 53.8 Å². The van der Waals surface area contributed by atoms with Crippen molar-refractivity contribution in [3.05, 3.63) is 102 Å². The molecule has 1 unspecified atom stereocenters. The minimum atomic E-state index is -0.300. The molecule has 1 aliphatic rings. The van der Waals surface area contributed by atoms with Crippen LogP contribution >= 0.6 is 0 Å². The van der Waals surface area contributed by atoms with Crippen molar-refractivity contribution in [2.75, 3.05) is 13.2 Å². The number of rotatable bonds is 9. The highest BCUT2D eigenvalue weighted by Gasteiger charge is 2.19. The topological polar surface area (TPSA) is 109 Å². The predicted molar refractivity (Wildman–Crippen MR) is 138 cm³/mol. The summed E-state index contributed by atoms with van der Waals surface area (Å²) in [5.74, 6) is 0.373. The van der Waals surface area contributed by atoms with Gasteiger partial charge in [0.25, 0.3) is 5.91 Å². The molecule has 0 aliphatic carbocycles. The molecule has 3 aromatic rings. The lowest BCUT2D eigenvalue weighted by Crippen LogP contribution is -2.31. The van der Waals surface area contributed by atoms with Gasteiger partial charge in [0.05, 0.1) is 18.3 Å². The van der Waals surface area contributed by atoms with E-state index >= 15 is 0 Å². The molecule has 0 aromatic carbocycles. The Labute approximate surface area is 210 Å². The summed E-state index contributed by atoms with van der Waals surface area (Å²) in [6.45, 7) is 10.2. The summed E-state index contributed by atoms with van der Waals surface area (Å²) in [7, 11) is 0. The maximum Gasteiger partial charge on any atom is 0.274 e. The Bertz CT molecular complexity index is 1280. The number of hydrogen-bond acceptors (Lipinski definition) is 7. The smallest absolute Gasteiger partial charge is 0.274 e. The van der Waals surface area contributed by atoms with E-state index in [0.717, 1.165) is 42.9 Å². The van der Waals surface area contributed by atoms with Crippen molar-refractivity contribution in [3.8, 4) is 0 Å². The van der Waals surface area contributed by atoms with Gasteiger partial charge >= 0.3 is 0 Å². The quantitative estimate of drug-likeness (QED) is 0.448. The molecule has 0 saturated heterocycles. The molecular formula is C27H31N7O2. The number of aromatic nitrogens is 5. The van der Waals surface area contributed by atoms with E-state index in [1.54, 1.807) is 24.7 Å². The molecule has 0 saturated carbocycles. The highest BCUT2D eigenvalue weighted by atomic mass is 16.3. The summed E-state index contributed by atoms with van der Waals surface area (Å²) in [5, 5.41) is 20.3. The fourth-order valence-electron chi connectivity index (χ4n) is 4.05. The Morgan fingerprint density at radius 1 is 1.31 bits per heavy atom. The van der Waals surface area contributed by atoms with Gasteiger partial charge in [-0.15, -0.1) is 10.2 Å². The average Bonchev–Trinajstić information content (AvgIpc) is 3.38. The largest absolute Gasteiger partial charge is 0.394 e. The average molecular weight is 486 g/mol. The molecule has 0 spiro atoms. The molecule has 4 heterocycles. The monoisotopic (exact) mass is 485 g/mol. The Hall–Kier alpha value is -3.95. The lowest BCUT2D eigenvalue weighted by atomic mass is 10.0. The fraction of sp³-hybridized carbons (Fsp3) is 0.296. The number of aliphatic hydroxyl groups is 1. The molecule has 186 valence electrons. The van der Waals surface area contributed by atoms with Gasteiger partial charge in [0, 0.05) is 37.7 Å². The van der Waals surface area contributed by atoms with Crippen molar-refractivity contribution in [2.45, 2.75) is 39.4 Å². The number of carbonyl (C=O) groups excluding carboxylic acids is 1. The second kappa shape index (κ2) is 11.7. The minimum Gasteiger partial charge on any atom is -0.394 e. The summed E-state index contributed by atoms with van der Waals surface area (Å²) >= 11 is 0. The SMILES string of the molecule is C=C(/C=C\C=C(/C)c1nncn1C(C)CO)NC(=O)c1cc2c(cn1)CCN(Cc1ccccn1)C2. The van der Waals surface area contributed by atoms with Crippen LogP contribution in [0, 0.1) is 0 Å². The number of carbonyl (C=O) groups is 1. The molecule has 9 nitrogen and oxygen atoms in total. The fourth-order valence-corrected chi connectivity index (χ4v) is 4.05. The van der Waals surface area contributed by atoms with Crippen LogP contribution < -0.4 is 5.32 Å². The van der Waals surface area contributed by atoms with Crippen molar-refractivity contribution >= 4 is 11.5 Å².